The SMILES string of the molecule is O=C(CCn1cnc2ccccc2c1=O)NCCn1ccnc1-c1ccccn1. The minimum atomic E-state index is -0.137. The van der Waals surface area contributed by atoms with E-state index < -0.39 is 0 Å². The summed E-state index contributed by atoms with van der Waals surface area (Å²) in [7, 11) is 0. The van der Waals surface area contributed by atoms with Crippen LogP contribution in [0.25, 0.3) is 22.4 Å². The van der Waals surface area contributed by atoms with Crippen LogP contribution < -0.4 is 10.9 Å². The van der Waals surface area contributed by atoms with Gasteiger partial charge in [0, 0.05) is 44.6 Å². The van der Waals surface area contributed by atoms with E-state index in [0.717, 1.165) is 11.5 Å². The van der Waals surface area contributed by atoms with Crippen molar-refractivity contribution < 1.29 is 4.79 Å². The molecule has 1 N–H and O–H groups in total. The summed E-state index contributed by atoms with van der Waals surface area (Å²) in [5, 5.41) is 3.44. The number of amides is 1. The first-order valence-corrected chi connectivity index (χ1v) is 9.36. The van der Waals surface area contributed by atoms with Crippen molar-refractivity contribution in [3.05, 3.63) is 77.7 Å². The van der Waals surface area contributed by atoms with Gasteiger partial charge in [-0.2, -0.15) is 0 Å². The van der Waals surface area contributed by atoms with Crippen molar-refractivity contribution in [1.29, 1.82) is 0 Å². The van der Waals surface area contributed by atoms with Crippen LogP contribution >= 0.6 is 0 Å². The van der Waals surface area contributed by atoms with Crippen molar-refractivity contribution in [3.63, 3.8) is 0 Å². The molecule has 8 nitrogen and oxygen atoms in total. The van der Waals surface area contributed by atoms with Crippen LogP contribution in [-0.4, -0.2) is 36.5 Å². The summed E-state index contributed by atoms with van der Waals surface area (Å²) in [6.07, 6.45) is 6.99. The van der Waals surface area contributed by atoms with Gasteiger partial charge < -0.3 is 9.88 Å². The van der Waals surface area contributed by atoms with Gasteiger partial charge in [0.2, 0.25) is 5.91 Å². The highest BCUT2D eigenvalue weighted by atomic mass is 16.1. The van der Waals surface area contributed by atoms with Crippen molar-refractivity contribution in [1.82, 2.24) is 29.4 Å². The van der Waals surface area contributed by atoms with E-state index in [1.165, 1.54) is 10.9 Å². The molecule has 0 saturated carbocycles. The number of pyridine rings is 1. The molecule has 0 aliphatic rings. The molecule has 1 amide bonds. The van der Waals surface area contributed by atoms with E-state index in [-0.39, 0.29) is 24.4 Å². The van der Waals surface area contributed by atoms with Gasteiger partial charge in [-0.25, -0.2) is 9.97 Å². The number of aryl methyl sites for hydroxylation is 1. The zero-order chi connectivity index (χ0) is 20.1. The van der Waals surface area contributed by atoms with Crippen LogP contribution in [0.3, 0.4) is 0 Å². The normalized spacial score (nSPS) is 10.9. The highest BCUT2D eigenvalue weighted by Crippen LogP contribution is 2.13. The Kier molecular flexibility index (Phi) is 5.42. The van der Waals surface area contributed by atoms with Gasteiger partial charge in [-0.05, 0) is 24.3 Å². The van der Waals surface area contributed by atoms with Gasteiger partial charge in [-0.15, -0.1) is 0 Å². The van der Waals surface area contributed by atoms with E-state index in [9.17, 15) is 9.59 Å². The molecule has 0 radical (unpaired) electrons. The summed E-state index contributed by atoms with van der Waals surface area (Å²) in [6.45, 7) is 1.32. The second kappa shape index (κ2) is 8.47. The van der Waals surface area contributed by atoms with Crippen LogP contribution in [0.2, 0.25) is 0 Å². The number of nitrogens with zero attached hydrogens (tertiary/aromatic N) is 5. The van der Waals surface area contributed by atoms with Crippen molar-refractivity contribution >= 4 is 16.8 Å². The Morgan fingerprint density at radius 2 is 1.79 bits per heavy atom. The molecule has 0 atom stereocenters. The molecule has 146 valence electrons. The minimum Gasteiger partial charge on any atom is -0.354 e. The molecular formula is C21H20N6O2. The van der Waals surface area contributed by atoms with E-state index in [4.69, 9.17) is 0 Å². The number of aromatic nitrogens is 5. The van der Waals surface area contributed by atoms with Gasteiger partial charge in [0.1, 0.15) is 5.69 Å². The van der Waals surface area contributed by atoms with E-state index in [2.05, 4.69) is 20.3 Å². The third-order valence-electron chi connectivity index (χ3n) is 4.60. The molecular weight excluding hydrogens is 368 g/mol. The predicted octanol–water partition coefficient (Wildman–Crippen LogP) is 1.86. The lowest BCUT2D eigenvalue weighted by Crippen LogP contribution is -2.30. The van der Waals surface area contributed by atoms with Crippen LogP contribution in [0.4, 0.5) is 0 Å². The first-order chi connectivity index (χ1) is 14.2. The molecule has 3 heterocycles. The molecule has 0 unspecified atom stereocenters. The maximum Gasteiger partial charge on any atom is 0.261 e. The van der Waals surface area contributed by atoms with E-state index in [0.29, 0.717) is 24.0 Å². The van der Waals surface area contributed by atoms with Crippen LogP contribution in [0.5, 0.6) is 0 Å². The van der Waals surface area contributed by atoms with Crippen LogP contribution in [-0.2, 0) is 17.9 Å². The van der Waals surface area contributed by atoms with Gasteiger partial charge in [0.05, 0.1) is 17.2 Å². The molecule has 3 aromatic heterocycles. The number of nitrogens with one attached hydrogen (secondary N) is 1. The van der Waals surface area contributed by atoms with Crippen molar-refractivity contribution in [3.8, 4) is 11.5 Å². The van der Waals surface area contributed by atoms with Crippen molar-refractivity contribution in [2.24, 2.45) is 0 Å². The molecule has 8 heteroatoms. The maximum absolute atomic E-state index is 12.5. The molecule has 0 saturated heterocycles. The van der Waals surface area contributed by atoms with Gasteiger partial charge in [0.15, 0.2) is 5.82 Å². The molecule has 4 rings (SSSR count). The Bertz CT molecular complexity index is 1180. The minimum absolute atomic E-state index is 0.121. The Balaban J connectivity index is 1.31. The molecule has 0 bridgehead atoms. The summed E-state index contributed by atoms with van der Waals surface area (Å²) < 4.78 is 3.41. The molecule has 4 aromatic rings. The average Bonchev–Trinajstić information content (AvgIpc) is 3.23. The van der Waals surface area contributed by atoms with Gasteiger partial charge in [0.25, 0.3) is 5.56 Å². The summed E-state index contributed by atoms with van der Waals surface area (Å²) in [6, 6.07) is 12.8. The molecule has 0 aliphatic heterocycles. The van der Waals surface area contributed by atoms with E-state index >= 15 is 0 Å². The average molecular weight is 388 g/mol. The fraction of sp³-hybridized carbons (Fsp3) is 0.190. The molecule has 0 aliphatic carbocycles. The zero-order valence-corrected chi connectivity index (χ0v) is 15.7. The Morgan fingerprint density at radius 3 is 2.66 bits per heavy atom. The second-order valence-corrected chi connectivity index (χ2v) is 6.52. The summed E-state index contributed by atoms with van der Waals surface area (Å²) in [4.78, 5) is 37.6. The van der Waals surface area contributed by atoms with Crippen molar-refractivity contribution in [2.75, 3.05) is 6.54 Å². The quantitative estimate of drug-likeness (QED) is 0.521. The predicted molar refractivity (Wildman–Crippen MR) is 109 cm³/mol. The Labute approximate surface area is 166 Å². The number of para-hydroxylation sites is 1. The highest BCUT2D eigenvalue weighted by Gasteiger charge is 2.08. The largest absolute Gasteiger partial charge is 0.354 e. The number of benzene rings is 1. The van der Waals surface area contributed by atoms with Crippen molar-refractivity contribution in [2.45, 2.75) is 19.5 Å². The van der Waals surface area contributed by atoms with E-state index in [1.807, 2.05) is 35.0 Å². The van der Waals surface area contributed by atoms with E-state index in [1.54, 1.807) is 30.6 Å². The summed E-state index contributed by atoms with van der Waals surface area (Å²) >= 11 is 0. The Hall–Kier alpha value is -3.81. The number of hydrogen-bond donors (Lipinski definition) is 1. The number of imidazole rings is 1. The Morgan fingerprint density at radius 1 is 0.931 bits per heavy atom. The third-order valence-corrected chi connectivity index (χ3v) is 4.60. The lowest BCUT2D eigenvalue weighted by atomic mass is 10.2. The number of fused-ring (bicyclic) bond motifs is 1. The molecule has 1 aromatic carbocycles. The lowest BCUT2D eigenvalue weighted by Gasteiger charge is -2.10. The highest BCUT2D eigenvalue weighted by molar-refractivity contribution is 5.77. The molecule has 29 heavy (non-hydrogen) atoms. The summed E-state index contributed by atoms with van der Waals surface area (Å²) in [5.74, 6) is 0.637. The van der Waals surface area contributed by atoms with Gasteiger partial charge in [-0.1, -0.05) is 18.2 Å². The topological polar surface area (TPSA) is 94.7 Å². The molecule has 0 spiro atoms. The second-order valence-electron chi connectivity index (χ2n) is 6.52. The van der Waals surface area contributed by atoms with Crippen LogP contribution in [0.15, 0.2) is 72.2 Å². The maximum atomic E-state index is 12.5. The lowest BCUT2D eigenvalue weighted by molar-refractivity contribution is -0.121. The van der Waals surface area contributed by atoms with Gasteiger partial charge >= 0.3 is 0 Å². The fourth-order valence-electron chi connectivity index (χ4n) is 3.11. The van der Waals surface area contributed by atoms with Crippen LogP contribution in [0.1, 0.15) is 6.42 Å². The number of hydrogen-bond acceptors (Lipinski definition) is 5. The van der Waals surface area contributed by atoms with Crippen LogP contribution in [0, 0.1) is 0 Å². The first kappa shape index (κ1) is 18.5. The first-order valence-electron chi connectivity index (χ1n) is 9.36. The number of carbonyl (C=O) groups is 1. The smallest absolute Gasteiger partial charge is 0.261 e. The summed E-state index contributed by atoms with van der Waals surface area (Å²) in [5.41, 5.74) is 1.30. The fourth-order valence-corrected chi connectivity index (χ4v) is 3.11. The number of carbonyl (C=O) groups excluding carboxylic acids is 1. The third kappa shape index (κ3) is 4.21. The number of rotatable bonds is 7. The monoisotopic (exact) mass is 388 g/mol. The standard InChI is InChI=1S/C21H20N6O2/c28-19(8-12-27-15-25-17-6-2-1-5-16(17)21(27)29)23-10-13-26-14-11-24-20(26)18-7-3-4-9-22-18/h1-7,9,11,14-15H,8,10,12-13H2,(H,23,28). The van der Waals surface area contributed by atoms with Gasteiger partial charge in [-0.3, -0.25) is 19.1 Å². The zero-order valence-electron chi connectivity index (χ0n) is 15.7. The molecule has 0 fully saturated rings.